The van der Waals surface area contributed by atoms with E-state index in [1.165, 1.54) is 6.07 Å². The van der Waals surface area contributed by atoms with Gasteiger partial charge in [-0.2, -0.15) is 0 Å². The summed E-state index contributed by atoms with van der Waals surface area (Å²) in [4.78, 5) is 20.2. The molecule has 1 heterocycles. The van der Waals surface area contributed by atoms with Crippen molar-refractivity contribution in [2.75, 3.05) is 0 Å². The van der Waals surface area contributed by atoms with Crippen molar-refractivity contribution in [1.82, 2.24) is 5.48 Å². The molecule has 106 valence electrons. The number of aliphatic carboxylic acids is 1. The van der Waals surface area contributed by atoms with E-state index in [0.717, 1.165) is 18.4 Å². The predicted octanol–water partition coefficient (Wildman–Crippen LogP) is 1.86. The first kappa shape index (κ1) is 13.1. The normalized spacial score (nSPS) is 21.4. The fourth-order valence-electron chi connectivity index (χ4n) is 2.16. The van der Waals surface area contributed by atoms with Gasteiger partial charge in [-0.05, 0) is 37.0 Å². The summed E-state index contributed by atoms with van der Waals surface area (Å²) < 4.78 is 13.9. The molecule has 2 N–H and O–H groups in total. The zero-order valence-electron chi connectivity index (χ0n) is 10.8. The van der Waals surface area contributed by atoms with E-state index in [2.05, 4.69) is 10.5 Å². The number of carboxylic acids is 1. The molecule has 0 spiro atoms. The second kappa shape index (κ2) is 5.20. The van der Waals surface area contributed by atoms with Gasteiger partial charge in [0.1, 0.15) is 5.82 Å². The lowest BCUT2D eigenvalue weighted by molar-refractivity contribution is -0.136. The quantitative estimate of drug-likeness (QED) is 0.862. The van der Waals surface area contributed by atoms with Crippen LogP contribution >= 0.6 is 0 Å². The van der Waals surface area contributed by atoms with Crippen LogP contribution in [-0.2, 0) is 16.1 Å². The van der Waals surface area contributed by atoms with Crippen molar-refractivity contribution in [2.24, 2.45) is 10.9 Å². The Labute approximate surface area is 115 Å². The van der Waals surface area contributed by atoms with Crippen molar-refractivity contribution in [2.45, 2.75) is 31.9 Å². The van der Waals surface area contributed by atoms with Crippen LogP contribution in [-0.4, -0.2) is 23.1 Å². The highest BCUT2D eigenvalue weighted by molar-refractivity contribution is 5.99. The number of halogens is 1. The summed E-state index contributed by atoms with van der Waals surface area (Å²) in [5.41, 5.74) is 3.77. The minimum absolute atomic E-state index is 0.0200. The maximum atomic E-state index is 13.9. The Kier molecular flexibility index (Phi) is 3.40. The average Bonchev–Trinajstić information content (AvgIpc) is 3.16. The van der Waals surface area contributed by atoms with Crippen LogP contribution in [0.5, 0.6) is 0 Å². The first-order valence-electron chi connectivity index (χ1n) is 6.63. The number of aliphatic imine (C=N–C) groups is 1. The van der Waals surface area contributed by atoms with Crippen LogP contribution in [0.4, 0.5) is 4.39 Å². The summed E-state index contributed by atoms with van der Waals surface area (Å²) in [6.07, 6.45) is 2.33. The van der Waals surface area contributed by atoms with Crippen molar-refractivity contribution >= 4 is 11.8 Å². The SMILES string of the molecule is O=C(O)CCc1ccc(F)c(C2=NC(C3CC3)ON2)c1. The zero-order chi connectivity index (χ0) is 14.1. The average molecular weight is 278 g/mol. The van der Waals surface area contributed by atoms with Crippen molar-refractivity contribution in [1.29, 1.82) is 0 Å². The van der Waals surface area contributed by atoms with Gasteiger partial charge in [-0.15, -0.1) is 0 Å². The van der Waals surface area contributed by atoms with E-state index in [0.29, 0.717) is 23.7 Å². The van der Waals surface area contributed by atoms with Gasteiger partial charge in [0.05, 0.1) is 5.56 Å². The predicted molar refractivity (Wildman–Crippen MR) is 69.6 cm³/mol. The van der Waals surface area contributed by atoms with Crippen LogP contribution in [0, 0.1) is 11.7 Å². The summed E-state index contributed by atoms with van der Waals surface area (Å²) in [6, 6.07) is 4.56. The highest BCUT2D eigenvalue weighted by atomic mass is 19.1. The lowest BCUT2D eigenvalue weighted by atomic mass is 10.1. The highest BCUT2D eigenvalue weighted by Crippen LogP contribution is 2.36. The van der Waals surface area contributed by atoms with Gasteiger partial charge in [0.2, 0.25) is 0 Å². The highest BCUT2D eigenvalue weighted by Gasteiger charge is 2.36. The van der Waals surface area contributed by atoms with Gasteiger partial charge in [0, 0.05) is 12.3 Å². The molecule has 20 heavy (non-hydrogen) atoms. The Morgan fingerprint density at radius 3 is 3.00 bits per heavy atom. The lowest BCUT2D eigenvalue weighted by Crippen LogP contribution is -2.21. The summed E-state index contributed by atoms with van der Waals surface area (Å²) >= 11 is 0. The Morgan fingerprint density at radius 2 is 2.30 bits per heavy atom. The summed E-state index contributed by atoms with van der Waals surface area (Å²) in [6.45, 7) is 0. The van der Waals surface area contributed by atoms with Gasteiger partial charge in [-0.1, -0.05) is 6.07 Å². The molecule has 5 nitrogen and oxygen atoms in total. The van der Waals surface area contributed by atoms with Crippen molar-refractivity contribution in [3.63, 3.8) is 0 Å². The Balaban J connectivity index is 1.79. The molecule has 1 aromatic carbocycles. The molecule has 1 aromatic rings. The second-order valence-electron chi connectivity index (χ2n) is 5.13. The van der Waals surface area contributed by atoms with E-state index in [9.17, 15) is 9.18 Å². The number of rotatable bonds is 5. The third-order valence-corrected chi connectivity index (χ3v) is 3.47. The number of nitrogens with zero attached hydrogens (tertiary/aromatic N) is 1. The molecule has 1 atom stereocenters. The molecule has 2 aliphatic rings. The van der Waals surface area contributed by atoms with E-state index < -0.39 is 11.8 Å². The van der Waals surface area contributed by atoms with Gasteiger partial charge in [-0.3, -0.25) is 4.79 Å². The zero-order valence-corrected chi connectivity index (χ0v) is 10.8. The molecule has 0 amide bonds. The van der Waals surface area contributed by atoms with Gasteiger partial charge in [0.15, 0.2) is 12.1 Å². The van der Waals surface area contributed by atoms with Crippen LogP contribution in [0.1, 0.15) is 30.4 Å². The first-order chi connectivity index (χ1) is 9.63. The summed E-state index contributed by atoms with van der Waals surface area (Å²) in [5, 5.41) is 8.68. The fourth-order valence-corrected chi connectivity index (χ4v) is 2.16. The third-order valence-electron chi connectivity index (χ3n) is 3.47. The number of carboxylic acid groups (broad SMARTS) is 1. The number of hydrogen-bond donors (Lipinski definition) is 2. The van der Waals surface area contributed by atoms with Gasteiger partial charge in [-0.25, -0.2) is 19.7 Å². The summed E-state index contributed by atoms with van der Waals surface area (Å²) in [5.74, 6) is -0.450. The van der Waals surface area contributed by atoms with Crippen molar-refractivity contribution < 1.29 is 19.1 Å². The molecule has 1 saturated carbocycles. The second-order valence-corrected chi connectivity index (χ2v) is 5.13. The molecule has 0 bridgehead atoms. The molecule has 0 radical (unpaired) electrons. The number of amidine groups is 1. The van der Waals surface area contributed by atoms with E-state index in [-0.39, 0.29) is 12.6 Å². The number of nitrogens with one attached hydrogen (secondary N) is 1. The molecule has 6 heteroatoms. The molecule has 0 saturated heterocycles. The monoisotopic (exact) mass is 278 g/mol. The minimum atomic E-state index is -0.871. The van der Waals surface area contributed by atoms with Crippen LogP contribution in [0.25, 0.3) is 0 Å². The maximum absolute atomic E-state index is 13.9. The number of aryl methyl sites for hydroxylation is 1. The van der Waals surface area contributed by atoms with Crippen LogP contribution in [0.15, 0.2) is 23.2 Å². The lowest BCUT2D eigenvalue weighted by Gasteiger charge is -2.06. The molecule has 0 aromatic heterocycles. The van der Waals surface area contributed by atoms with E-state index >= 15 is 0 Å². The van der Waals surface area contributed by atoms with E-state index in [1.54, 1.807) is 12.1 Å². The molecule has 1 fully saturated rings. The van der Waals surface area contributed by atoms with Gasteiger partial charge < -0.3 is 5.11 Å². The number of hydrogen-bond acceptors (Lipinski definition) is 4. The van der Waals surface area contributed by atoms with Gasteiger partial charge >= 0.3 is 5.97 Å². The summed E-state index contributed by atoms with van der Waals surface area (Å²) in [7, 11) is 0. The van der Waals surface area contributed by atoms with Gasteiger partial charge in [0.25, 0.3) is 0 Å². The molecule has 1 aliphatic heterocycles. The number of hydroxylamine groups is 1. The minimum Gasteiger partial charge on any atom is -0.481 e. The van der Waals surface area contributed by atoms with E-state index in [4.69, 9.17) is 9.94 Å². The van der Waals surface area contributed by atoms with Crippen LogP contribution in [0.3, 0.4) is 0 Å². The van der Waals surface area contributed by atoms with Crippen molar-refractivity contribution in [3.8, 4) is 0 Å². The standard InChI is InChI=1S/C14H15FN2O3/c15-11-5-1-8(2-6-12(18)19)7-10(11)13-16-14(20-17-13)9-3-4-9/h1,5,7,9,14H,2-4,6H2,(H,16,17)(H,18,19). The molecular weight excluding hydrogens is 263 g/mol. The fraction of sp³-hybridized carbons (Fsp3) is 0.429. The maximum Gasteiger partial charge on any atom is 0.303 e. The Hall–Kier alpha value is -1.95. The van der Waals surface area contributed by atoms with E-state index in [1.807, 2.05) is 0 Å². The largest absolute Gasteiger partial charge is 0.481 e. The molecule has 1 aliphatic carbocycles. The Morgan fingerprint density at radius 1 is 1.50 bits per heavy atom. The topological polar surface area (TPSA) is 70.9 Å². The first-order valence-corrected chi connectivity index (χ1v) is 6.63. The van der Waals surface area contributed by atoms with Crippen LogP contribution < -0.4 is 5.48 Å². The molecule has 3 rings (SSSR count). The smallest absolute Gasteiger partial charge is 0.303 e. The van der Waals surface area contributed by atoms with Crippen molar-refractivity contribution in [3.05, 3.63) is 35.1 Å². The number of benzene rings is 1. The molecule has 1 unspecified atom stereocenters. The third kappa shape index (κ3) is 2.80. The Bertz CT molecular complexity index is 570. The molecular formula is C14H15FN2O3. The number of carbonyl (C=O) groups is 1. The van der Waals surface area contributed by atoms with Crippen LogP contribution in [0.2, 0.25) is 0 Å².